The molecule has 0 spiro atoms. The Hall–Kier alpha value is -0.900. The highest BCUT2D eigenvalue weighted by atomic mass is 32.1. The van der Waals surface area contributed by atoms with Gasteiger partial charge in [0.15, 0.2) is 0 Å². The van der Waals surface area contributed by atoms with Crippen molar-refractivity contribution in [2.75, 3.05) is 13.1 Å². The molecule has 0 aliphatic carbocycles. The van der Waals surface area contributed by atoms with E-state index in [0.717, 1.165) is 18.8 Å². The van der Waals surface area contributed by atoms with Crippen LogP contribution in [0.3, 0.4) is 0 Å². The normalized spacial score (nSPS) is 18.3. The third-order valence-corrected chi connectivity index (χ3v) is 2.74. The molecule has 13 heavy (non-hydrogen) atoms. The topological polar surface area (TPSA) is 28.5 Å². The Morgan fingerprint density at radius 1 is 1.38 bits per heavy atom. The van der Waals surface area contributed by atoms with E-state index in [1.807, 2.05) is 17.1 Å². The highest BCUT2D eigenvalue weighted by Crippen LogP contribution is 2.08. The highest BCUT2D eigenvalue weighted by Gasteiger charge is 2.05. The number of thiazole rings is 1. The third-order valence-electron chi connectivity index (χ3n) is 2.14. The molecule has 1 aliphatic heterocycles. The molecular formula is C9H13N3S. The first-order valence-corrected chi connectivity index (χ1v) is 5.56. The van der Waals surface area contributed by atoms with Gasteiger partial charge in [-0.25, -0.2) is 4.98 Å². The lowest BCUT2D eigenvalue weighted by Crippen LogP contribution is -2.24. The van der Waals surface area contributed by atoms with Crippen molar-refractivity contribution in [3.8, 4) is 0 Å². The van der Waals surface area contributed by atoms with Crippen molar-refractivity contribution in [1.29, 1.82) is 0 Å². The zero-order valence-electron chi connectivity index (χ0n) is 7.52. The predicted octanol–water partition coefficient (Wildman–Crippen LogP) is 1.96. The number of aromatic nitrogens is 1. The second-order valence-electron chi connectivity index (χ2n) is 3.17. The molecule has 1 saturated heterocycles. The molecular weight excluding hydrogens is 182 g/mol. The van der Waals surface area contributed by atoms with E-state index in [1.165, 1.54) is 19.3 Å². The van der Waals surface area contributed by atoms with Crippen molar-refractivity contribution in [3.63, 3.8) is 0 Å². The molecule has 1 aromatic heterocycles. The van der Waals surface area contributed by atoms with Crippen LogP contribution in [0.5, 0.6) is 0 Å². The molecule has 0 N–H and O–H groups in total. The summed E-state index contributed by atoms with van der Waals surface area (Å²) in [5.41, 5.74) is 2.80. The second kappa shape index (κ2) is 4.37. The Kier molecular flexibility index (Phi) is 2.92. The van der Waals surface area contributed by atoms with Crippen LogP contribution in [0.2, 0.25) is 0 Å². The number of piperidine rings is 1. The molecule has 1 aliphatic rings. The van der Waals surface area contributed by atoms with Gasteiger partial charge in [0, 0.05) is 18.5 Å². The quantitative estimate of drug-likeness (QED) is 0.675. The molecule has 0 radical (unpaired) electrons. The van der Waals surface area contributed by atoms with E-state index < -0.39 is 0 Å². The summed E-state index contributed by atoms with van der Waals surface area (Å²) in [6, 6.07) is 0. The van der Waals surface area contributed by atoms with Crippen LogP contribution in [-0.4, -0.2) is 29.3 Å². The molecule has 0 bridgehead atoms. The maximum absolute atomic E-state index is 4.38. The van der Waals surface area contributed by atoms with Gasteiger partial charge in [-0.1, -0.05) is 0 Å². The summed E-state index contributed by atoms with van der Waals surface area (Å²) in [6.45, 7) is 2.20. The fourth-order valence-corrected chi connectivity index (χ4v) is 1.92. The van der Waals surface area contributed by atoms with Crippen molar-refractivity contribution in [2.45, 2.75) is 19.3 Å². The number of hydrazone groups is 1. The fraction of sp³-hybridized carbons (Fsp3) is 0.556. The van der Waals surface area contributed by atoms with Crippen LogP contribution >= 0.6 is 11.3 Å². The number of hydrogen-bond acceptors (Lipinski definition) is 4. The van der Waals surface area contributed by atoms with Gasteiger partial charge in [0.05, 0.1) is 17.4 Å². The first-order valence-electron chi connectivity index (χ1n) is 4.62. The van der Waals surface area contributed by atoms with E-state index in [2.05, 4.69) is 15.1 Å². The summed E-state index contributed by atoms with van der Waals surface area (Å²) in [4.78, 5) is 4.14. The first-order chi connectivity index (χ1) is 6.45. The first kappa shape index (κ1) is 8.69. The molecule has 4 heteroatoms. The molecule has 0 saturated carbocycles. The monoisotopic (exact) mass is 195 g/mol. The molecule has 1 aromatic rings. The second-order valence-corrected chi connectivity index (χ2v) is 3.89. The summed E-state index contributed by atoms with van der Waals surface area (Å²) in [6.07, 6.45) is 5.74. The largest absolute Gasteiger partial charge is 0.297 e. The summed E-state index contributed by atoms with van der Waals surface area (Å²) in [5, 5.41) is 8.51. The molecule has 0 unspecified atom stereocenters. The fourth-order valence-electron chi connectivity index (χ4n) is 1.42. The van der Waals surface area contributed by atoms with Crippen LogP contribution in [0.15, 0.2) is 16.0 Å². The van der Waals surface area contributed by atoms with Gasteiger partial charge in [0.25, 0.3) is 0 Å². The summed E-state index contributed by atoms with van der Waals surface area (Å²) in [5.74, 6) is 0. The molecule has 0 amide bonds. The van der Waals surface area contributed by atoms with Gasteiger partial charge in [0.1, 0.15) is 0 Å². The van der Waals surface area contributed by atoms with Gasteiger partial charge in [-0.2, -0.15) is 5.10 Å². The van der Waals surface area contributed by atoms with Crippen LogP contribution in [0, 0.1) is 0 Å². The molecule has 2 heterocycles. The molecule has 70 valence electrons. The van der Waals surface area contributed by atoms with Gasteiger partial charge < -0.3 is 0 Å². The number of rotatable bonds is 2. The van der Waals surface area contributed by atoms with E-state index in [-0.39, 0.29) is 0 Å². The number of hydrogen-bond donors (Lipinski definition) is 0. The summed E-state index contributed by atoms with van der Waals surface area (Å²) < 4.78 is 0. The van der Waals surface area contributed by atoms with Crippen LogP contribution < -0.4 is 0 Å². The smallest absolute Gasteiger partial charge is 0.0939 e. The van der Waals surface area contributed by atoms with E-state index in [9.17, 15) is 0 Å². The third kappa shape index (κ3) is 2.52. The van der Waals surface area contributed by atoms with E-state index in [0.29, 0.717) is 0 Å². The zero-order chi connectivity index (χ0) is 8.93. The van der Waals surface area contributed by atoms with Crippen LogP contribution in [-0.2, 0) is 0 Å². The molecule has 3 nitrogen and oxygen atoms in total. The Morgan fingerprint density at radius 2 is 2.23 bits per heavy atom. The minimum atomic E-state index is 0.968. The lowest BCUT2D eigenvalue weighted by atomic mass is 10.2. The van der Waals surface area contributed by atoms with Crippen molar-refractivity contribution in [2.24, 2.45) is 5.10 Å². The van der Waals surface area contributed by atoms with Crippen molar-refractivity contribution in [3.05, 3.63) is 16.6 Å². The van der Waals surface area contributed by atoms with Gasteiger partial charge in [-0.15, -0.1) is 11.3 Å². The predicted molar refractivity (Wildman–Crippen MR) is 55.1 cm³/mol. The summed E-state index contributed by atoms with van der Waals surface area (Å²) in [7, 11) is 0. The van der Waals surface area contributed by atoms with Gasteiger partial charge >= 0.3 is 0 Å². The molecule has 2 rings (SSSR count). The maximum Gasteiger partial charge on any atom is 0.0939 e. The van der Waals surface area contributed by atoms with Crippen molar-refractivity contribution in [1.82, 2.24) is 9.99 Å². The average molecular weight is 195 g/mol. The van der Waals surface area contributed by atoms with Crippen LogP contribution in [0.4, 0.5) is 0 Å². The van der Waals surface area contributed by atoms with Gasteiger partial charge in [-0.3, -0.25) is 5.01 Å². The lowest BCUT2D eigenvalue weighted by molar-refractivity contribution is 0.240. The molecule has 0 atom stereocenters. The van der Waals surface area contributed by atoms with E-state index >= 15 is 0 Å². The minimum Gasteiger partial charge on any atom is -0.297 e. The Balaban J connectivity index is 1.89. The molecule has 1 fully saturated rings. The average Bonchev–Trinajstić information content (AvgIpc) is 2.69. The SMILES string of the molecule is C(=N\N1CCCCC1)/c1cscn1. The summed E-state index contributed by atoms with van der Waals surface area (Å²) >= 11 is 1.61. The molecule has 0 aromatic carbocycles. The van der Waals surface area contributed by atoms with Gasteiger partial charge in [0.2, 0.25) is 0 Å². The maximum atomic E-state index is 4.38. The van der Waals surface area contributed by atoms with Crippen molar-refractivity contribution >= 4 is 17.6 Å². The number of nitrogens with zero attached hydrogens (tertiary/aromatic N) is 3. The Bertz CT molecular complexity index is 262. The van der Waals surface area contributed by atoms with Crippen LogP contribution in [0.25, 0.3) is 0 Å². The van der Waals surface area contributed by atoms with Crippen LogP contribution in [0.1, 0.15) is 25.0 Å². The van der Waals surface area contributed by atoms with Gasteiger partial charge in [-0.05, 0) is 19.3 Å². The van der Waals surface area contributed by atoms with E-state index in [4.69, 9.17) is 0 Å². The minimum absolute atomic E-state index is 0.968. The zero-order valence-corrected chi connectivity index (χ0v) is 8.33. The highest BCUT2D eigenvalue weighted by molar-refractivity contribution is 7.07. The Labute approximate surface area is 82.1 Å². The lowest BCUT2D eigenvalue weighted by Gasteiger charge is -2.22. The van der Waals surface area contributed by atoms with Crippen molar-refractivity contribution < 1.29 is 0 Å². The Morgan fingerprint density at radius 3 is 2.92 bits per heavy atom. The standard InChI is InChI=1S/C9H13N3S/c1-2-4-12(5-3-1)11-6-9-7-13-8-10-9/h6-8H,1-5H2/b11-6+. The van der Waals surface area contributed by atoms with E-state index in [1.54, 1.807) is 11.3 Å².